The monoisotopic (exact) mass is 295 g/mol. The van der Waals surface area contributed by atoms with E-state index < -0.39 is 17.6 Å². The number of fused-ring (bicyclic) bond motifs is 2. The summed E-state index contributed by atoms with van der Waals surface area (Å²) in [5.74, 6) is -1.15. The third kappa shape index (κ3) is 2.61. The zero-order valence-electron chi connectivity index (χ0n) is 11.9. The minimum absolute atomic E-state index is 0.0139. The van der Waals surface area contributed by atoms with E-state index in [4.69, 9.17) is 5.11 Å². The zero-order chi connectivity index (χ0) is 15.1. The Morgan fingerprint density at radius 1 is 1.29 bits per heavy atom. The molecule has 2 saturated carbocycles. The topological polar surface area (TPSA) is 49.3 Å². The molecule has 114 valence electrons. The van der Waals surface area contributed by atoms with Gasteiger partial charge in [-0.05, 0) is 56.1 Å². The second-order valence-corrected chi connectivity index (χ2v) is 6.39. The van der Waals surface area contributed by atoms with Gasteiger partial charge >= 0.3 is 5.97 Å². The van der Waals surface area contributed by atoms with Crippen molar-refractivity contribution in [3.05, 3.63) is 29.3 Å². The molecule has 0 heterocycles. The van der Waals surface area contributed by atoms with Crippen LogP contribution >= 0.6 is 0 Å². The minimum atomic E-state index is -1.33. The quantitative estimate of drug-likeness (QED) is 0.885. The van der Waals surface area contributed by atoms with Gasteiger partial charge in [-0.2, -0.15) is 0 Å². The predicted molar refractivity (Wildman–Crippen MR) is 75.3 cm³/mol. The average Bonchev–Trinajstić information content (AvgIpc) is 3.04. The highest BCUT2D eigenvalue weighted by atomic mass is 19.1. The third-order valence-electron chi connectivity index (χ3n) is 5.10. The van der Waals surface area contributed by atoms with Crippen molar-refractivity contribution in [3.8, 4) is 0 Å². The summed E-state index contributed by atoms with van der Waals surface area (Å²) in [5, 5.41) is 11.7. The van der Waals surface area contributed by atoms with E-state index in [-0.39, 0.29) is 17.3 Å². The molecule has 0 radical (unpaired) electrons. The fourth-order valence-electron chi connectivity index (χ4n) is 4.08. The molecule has 0 saturated heterocycles. The highest BCUT2D eigenvalue weighted by Gasteiger charge is 2.42. The molecular formula is C16H19F2NO2. The van der Waals surface area contributed by atoms with Crippen LogP contribution in [-0.4, -0.2) is 17.1 Å². The molecule has 0 spiro atoms. The first-order valence-corrected chi connectivity index (χ1v) is 7.44. The Balaban J connectivity index is 1.77. The second kappa shape index (κ2) is 5.28. The molecule has 0 amide bonds. The number of carbonyl (C=O) groups is 1. The van der Waals surface area contributed by atoms with Crippen molar-refractivity contribution in [1.82, 2.24) is 0 Å². The summed E-state index contributed by atoms with van der Waals surface area (Å²) < 4.78 is 27.9. The van der Waals surface area contributed by atoms with E-state index in [1.807, 2.05) is 6.92 Å². The maximum Gasteiger partial charge on any atom is 0.335 e. The summed E-state index contributed by atoms with van der Waals surface area (Å²) in [6.45, 7) is 1.95. The first kappa shape index (κ1) is 14.3. The van der Waals surface area contributed by atoms with Crippen molar-refractivity contribution in [2.75, 3.05) is 5.32 Å². The number of carboxylic acid groups (broad SMARTS) is 1. The van der Waals surface area contributed by atoms with Crippen molar-refractivity contribution in [1.29, 1.82) is 0 Å². The van der Waals surface area contributed by atoms with Crippen LogP contribution < -0.4 is 5.32 Å². The Kier molecular flexibility index (Phi) is 3.59. The molecule has 2 N–H and O–H groups in total. The fraction of sp³-hybridized carbons (Fsp3) is 0.562. The standard InChI is InChI=1S/C16H19F2NO2/c1-8(12-5-9-2-3-10(12)4-9)19-15-13(17)6-11(16(20)21)7-14(15)18/h6-10,12,19H,2-5H2,1H3,(H,20,21). The molecule has 1 aromatic rings. The first-order chi connectivity index (χ1) is 9.95. The molecule has 0 aliphatic heterocycles. The number of rotatable bonds is 4. The van der Waals surface area contributed by atoms with Gasteiger partial charge in [0.05, 0.1) is 5.56 Å². The molecule has 2 aliphatic carbocycles. The largest absolute Gasteiger partial charge is 0.478 e. The first-order valence-electron chi connectivity index (χ1n) is 7.44. The smallest absolute Gasteiger partial charge is 0.335 e. The Morgan fingerprint density at radius 3 is 2.43 bits per heavy atom. The van der Waals surface area contributed by atoms with Crippen LogP contribution in [-0.2, 0) is 0 Å². The lowest BCUT2D eigenvalue weighted by atomic mass is 9.84. The molecule has 2 aliphatic rings. The zero-order valence-corrected chi connectivity index (χ0v) is 11.9. The van der Waals surface area contributed by atoms with E-state index in [0.717, 1.165) is 24.5 Å². The molecule has 0 aromatic heterocycles. The molecule has 3 nitrogen and oxygen atoms in total. The summed E-state index contributed by atoms with van der Waals surface area (Å²) in [4.78, 5) is 10.8. The van der Waals surface area contributed by atoms with Gasteiger partial charge in [-0.15, -0.1) is 0 Å². The van der Waals surface area contributed by atoms with Gasteiger partial charge in [0.15, 0.2) is 0 Å². The third-order valence-corrected chi connectivity index (χ3v) is 5.10. The van der Waals surface area contributed by atoms with Gasteiger partial charge in [0.2, 0.25) is 0 Å². The second-order valence-electron chi connectivity index (χ2n) is 6.39. The number of aromatic carboxylic acids is 1. The summed E-state index contributed by atoms with van der Waals surface area (Å²) in [6, 6.07) is 1.71. The van der Waals surface area contributed by atoms with Gasteiger partial charge in [-0.3, -0.25) is 0 Å². The molecule has 4 atom stereocenters. The lowest BCUT2D eigenvalue weighted by Crippen LogP contribution is -2.30. The summed E-state index contributed by atoms with van der Waals surface area (Å²) in [7, 11) is 0. The molecule has 3 rings (SSSR count). The molecular weight excluding hydrogens is 276 g/mol. The van der Waals surface area contributed by atoms with Gasteiger partial charge in [-0.1, -0.05) is 6.42 Å². The summed E-state index contributed by atoms with van der Waals surface area (Å²) >= 11 is 0. The van der Waals surface area contributed by atoms with Crippen LogP contribution in [0.25, 0.3) is 0 Å². The lowest BCUT2D eigenvalue weighted by Gasteiger charge is -2.29. The number of halogens is 2. The normalized spacial score (nSPS) is 28.6. The van der Waals surface area contributed by atoms with Crippen LogP contribution in [0.2, 0.25) is 0 Å². The molecule has 4 unspecified atom stereocenters. The summed E-state index contributed by atoms with van der Waals surface area (Å²) in [6.07, 6.45) is 4.85. The van der Waals surface area contributed by atoms with Crippen molar-refractivity contribution >= 4 is 11.7 Å². The Hall–Kier alpha value is -1.65. The van der Waals surface area contributed by atoms with Crippen molar-refractivity contribution in [3.63, 3.8) is 0 Å². The lowest BCUT2D eigenvalue weighted by molar-refractivity contribution is 0.0696. The summed E-state index contributed by atoms with van der Waals surface area (Å²) in [5.41, 5.74) is -0.585. The van der Waals surface area contributed by atoms with Crippen molar-refractivity contribution < 1.29 is 18.7 Å². The molecule has 2 fully saturated rings. The van der Waals surface area contributed by atoms with Gasteiger partial charge in [-0.25, -0.2) is 13.6 Å². The van der Waals surface area contributed by atoms with Crippen molar-refractivity contribution in [2.24, 2.45) is 17.8 Å². The Labute approximate surface area is 122 Å². The van der Waals surface area contributed by atoms with Crippen LogP contribution in [0, 0.1) is 29.4 Å². The van der Waals surface area contributed by atoms with E-state index in [0.29, 0.717) is 11.8 Å². The van der Waals surface area contributed by atoms with Crippen LogP contribution in [0.3, 0.4) is 0 Å². The molecule has 5 heteroatoms. The van der Waals surface area contributed by atoms with E-state index >= 15 is 0 Å². The van der Waals surface area contributed by atoms with Gasteiger partial charge in [0.1, 0.15) is 17.3 Å². The van der Waals surface area contributed by atoms with E-state index in [9.17, 15) is 13.6 Å². The molecule has 2 bridgehead atoms. The van der Waals surface area contributed by atoms with Crippen LogP contribution in [0.1, 0.15) is 43.0 Å². The maximum atomic E-state index is 13.9. The SMILES string of the molecule is CC(Nc1c(F)cc(C(=O)O)cc1F)C1CC2CCC1C2. The maximum absolute atomic E-state index is 13.9. The number of hydrogen-bond donors (Lipinski definition) is 2. The number of hydrogen-bond acceptors (Lipinski definition) is 2. The molecule has 21 heavy (non-hydrogen) atoms. The van der Waals surface area contributed by atoms with Crippen LogP contribution in [0.5, 0.6) is 0 Å². The fourth-order valence-corrected chi connectivity index (χ4v) is 4.08. The molecule has 1 aromatic carbocycles. The average molecular weight is 295 g/mol. The number of anilines is 1. The highest BCUT2D eigenvalue weighted by Crippen LogP contribution is 2.50. The number of carboxylic acids is 1. The van der Waals surface area contributed by atoms with Crippen LogP contribution in [0.4, 0.5) is 14.5 Å². The van der Waals surface area contributed by atoms with Gasteiger partial charge in [0, 0.05) is 6.04 Å². The number of nitrogens with one attached hydrogen (secondary N) is 1. The van der Waals surface area contributed by atoms with E-state index in [1.54, 1.807) is 0 Å². The predicted octanol–water partition coefficient (Wildman–Crippen LogP) is 3.90. The number of benzene rings is 1. The Bertz CT molecular complexity index is 552. The highest BCUT2D eigenvalue weighted by molar-refractivity contribution is 5.88. The van der Waals surface area contributed by atoms with E-state index in [2.05, 4.69) is 5.32 Å². The van der Waals surface area contributed by atoms with E-state index in [1.165, 1.54) is 19.3 Å². The van der Waals surface area contributed by atoms with Crippen LogP contribution in [0.15, 0.2) is 12.1 Å². The minimum Gasteiger partial charge on any atom is -0.478 e. The van der Waals surface area contributed by atoms with Gasteiger partial charge in [0.25, 0.3) is 0 Å². The Morgan fingerprint density at radius 2 is 1.95 bits per heavy atom. The van der Waals surface area contributed by atoms with Crippen molar-refractivity contribution in [2.45, 2.75) is 38.6 Å². The van der Waals surface area contributed by atoms with Gasteiger partial charge < -0.3 is 10.4 Å².